The highest BCUT2D eigenvalue weighted by Gasteiger charge is 2.28. The number of amides is 1. The van der Waals surface area contributed by atoms with Crippen LogP contribution in [-0.4, -0.2) is 61.5 Å². The van der Waals surface area contributed by atoms with Crippen LogP contribution in [0.5, 0.6) is 0 Å². The van der Waals surface area contributed by atoms with Crippen LogP contribution in [-0.2, 0) is 21.3 Å². The molecule has 0 unspecified atom stereocenters. The highest BCUT2D eigenvalue weighted by molar-refractivity contribution is 7.89. The quantitative estimate of drug-likeness (QED) is 0.594. The van der Waals surface area contributed by atoms with Gasteiger partial charge < -0.3 is 15.4 Å². The van der Waals surface area contributed by atoms with Crippen molar-refractivity contribution in [3.63, 3.8) is 0 Å². The number of nitrogens with one attached hydrogen (secondary N) is 1. The van der Waals surface area contributed by atoms with Crippen LogP contribution in [0.3, 0.4) is 0 Å². The van der Waals surface area contributed by atoms with Gasteiger partial charge in [-0.3, -0.25) is 19.1 Å². The van der Waals surface area contributed by atoms with Crippen molar-refractivity contribution in [1.82, 2.24) is 13.9 Å². The highest BCUT2D eigenvalue weighted by Crippen LogP contribution is 2.22. The van der Waals surface area contributed by atoms with Crippen molar-refractivity contribution in [2.45, 2.75) is 31.2 Å². The second kappa shape index (κ2) is 9.67. The maximum atomic E-state index is 13.1. The fourth-order valence-corrected chi connectivity index (χ4v) is 4.91. The van der Waals surface area contributed by atoms with Gasteiger partial charge in [0.15, 0.2) is 5.69 Å². The number of sulfonamides is 1. The Balaban J connectivity index is 1.96. The number of aromatic nitrogens is 2. The lowest BCUT2D eigenvalue weighted by Crippen LogP contribution is -2.41. The van der Waals surface area contributed by atoms with Crippen molar-refractivity contribution in [3.05, 3.63) is 50.7 Å². The van der Waals surface area contributed by atoms with Crippen LogP contribution in [0.25, 0.3) is 0 Å². The number of ether oxygens (including phenoxy) is 1. The molecule has 174 valence electrons. The van der Waals surface area contributed by atoms with Crippen LogP contribution < -0.4 is 21.9 Å². The van der Waals surface area contributed by atoms with Crippen LogP contribution >= 0.6 is 0 Å². The molecule has 1 amide bonds. The molecule has 11 nitrogen and oxygen atoms in total. The molecule has 0 aliphatic carbocycles. The van der Waals surface area contributed by atoms with Crippen molar-refractivity contribution in [2.24, 2.45) is 0 Å². The zero-order valence-corrected chi connectivity index (χ0v) is 18.9. The third-order valence-corrected chi connectivity index (χ3v) is 7.17. The van der Waals surface area contributed by atoms with Crippen LogP contribution in [0.15, 0.2) is 38.8 Å². The average Bonchev–Trinajstić information content (AvgIpc) is 2.78. The summed E-state index contributed by atoms with van der Waals surface area (Å²) < 4.78 is 33.6. The Bertz CT molecular complexity index is 1210. The maximum absolute atomic E-state index is 13.1. The van der Waals surface area contributed by atoms with Crippen LogP contribution in [0, 0.1) is 0 Å². The Kier molecular flexibility index (Phi) is 7.16. The molecular weight excluding hydrogens is 438 g/mol. The van der Waals surface area contributed by atoms with Gasteiger partial charge in [-0.1, -0.05) is 19.4 Å². The monoisotopic (exact) mass is 465 g/mol. The molecule has 0 spiro atoms. The predicted octanol–water partition coefficient (Wildman–Crippen LogP) is 0.216. The number of morpholine rings is 1. The molecule has 3 N–H and O–H groups in total. The number of hydrogen-bond acceptors (Lipinski definition) is 7. The van der Waals surface area contributed by atoms with Crippen molar-refractivity contribution < 1.29 is 17.9 Å². The molecule has 0 radical (unpaired) electrons. The first-order valence-electron chi connectivity index (χ1n) is 10.3. The number of nitrogen functional groups attached to an aromatic ring is 1. The number of H-pyrrole nitrogens is 1. The minimum Gasteiger partial charge on any atom is -0.383 e. The van der Waals surface area contributed by atoms with E-state index in [1.54, 1.807) is 0 Å². The summed E-state index contributed by atoms with van der Waals surface area (Å²) in [4.78, 5) is 40.9. The topological polar surface area (TPSA) is 148 Å². The normalized spacial score (nSPS) is 14.9. The molecule has 32 heavy (non-hydrogen) atoms. The van der Waals surface area contributed by atoms with E-state index in [2.05, 4.69) is 4.98 Å². The molecule has 0 atom stereocenters. The third kappa shape index (κ3) is 4.61. The predicted molar refractivity (Wildman–Crippen MR) is 119 cm³/mol. The van der Waals surface area contributed by atoms with Gasteiger partial charge in [-0.2, -0.15) is 4.31 Å². The van der Waals surface area contributed by atoms with Crippen LogP contribution in [0.4, 0.5) is 11.5 Å². The van der Waals surface area contributed by atoms with Gasteiger partial charge in [0, 0.05) is 32.2 Å². The highest BCUT2D eigenvalue weighted by atomic mass is 32.2. The number of carbonyl (C=O) groups excluding carboxylic acids is 1. The molecule has 1 aromatic heterocycles. The van der Waals surface area contributed by atoms with Crippen LogP contribution in [0.1, 0.15) is 30.1 Å². The molecule has 2 heterocycles. The zero-order chi connectivity index (χ0) is 23.5. The van der Waals surface area contributed by atoms with Gasteiger partial charge in [-0.15, -0.1) is 0 Å². The second-order valence-electron chi connectivity index (χ2n) is 7.41. The SMILES string of the molecule is CCCCn1c(N)c(N(C)C(=O)c2cccc(S(=O)(=O)N3CCOCC3)c2)c(=O)[nH]c1=O. The van der Waals surface area contributed by atoms with Gasteiger partial charge in [0.2, 0.25) is 10.0 Å². The molecule has 1 saturated heterocycles. The summed E-state index contributed by atoms with van der Waals surface area (Å²) in [5.74, 6) is -0.762. The van der Waals surface area contributed by atoms with E-state index in [1.807, 2.05) is 6.92 Å². The minimum atomic E-state index is -3.80. The molecule has 12 heteroatoms. The van der Waals surface area contributed by atoms with Crippen molar-refractivity contribution in [3.8, 4) is 0 Å². The van der Waals surface area contributed by atoms with Crippen molar-refractivity contribution in [2.75, 3.05) is 44.0 Å². The number of nitrogens with zero attached hydrogens (tertiary/aromatic N) is 3. The first kappa shape index (κ1) is 23.7. The Morgan fingerprint density at radius 3 is 2.59 bits per heavy atom. The Morgan fingerprint density at radius 1 is 1.25 bits per heavy atom. The number of unbranched alkanes of at least 4 members (excludes halogenated alkanes) is 1. The van der Waals surface area contributed by atoms with Crippen LogP contribution in [0.2, 0.25) is 0 Å². The van der Waals surface area contributed by atoms with Crippen molar-refractivity contribution in [1.29, 1.82) is 0 Å². The minimum absolute atomic E-state index is 0.0338. The van der Waals surface area contributed by atoms with Crippen molar-refractivity contribution >= 4 is 27.4 Å². The van der Waals surface area contributed by atoms with E-state index < -0.39 is 27.2 Å². The van der Waals surface area contributed by atoms with E-state index in [0.717, 1.165) is 11.3 Å². The summed E-state index contributed by atoms with van der Waals surface area (Å²) in [6.45, 7) is 3.30. The number of hydrogen-bond donors (Lipinski definition) is 2. The third-order valence-electron chi connectivity index (χ3n) is 5.28. The largest absolute Gasteiger partial charge is 0.383 e. The number of rotatable bonds is 7. The summed E-state index contributed by atoms with van der Waals surface area (Å²) in [6.07, 6.45) is 1.47. The Morgan fingerprint density at radius 2 is 1.94 bits per heavy atom. The smallest absolute Gasteiger partial charge is 0.330 e. The molecule has 2 aromatic rings. The Labute approximate surface area is 185 Å². The summed E-state index contributed by atoms with van der Waals surface area (Å²) in [6, 6.07) is 5.59. The zero-order valence-electron chi connectivity index (χ0n) is 18.0. The second-order valence-corrected chi connectivity index (χ2v) is 9.34. The molecular formula is C20H27N5O6S. The standard InChI is InChI=1S/C20H27N5O6S/c1-3-4-8-25-17(21)16(18(26)22-20(25)28)23(2)19(27)14-6-5-7-15(13-14)32(29,30)24-9-11-31-12-10-24/h5-7,13H,3-4,8-12,21H2,1-2H3,(H,22,26,28). The van der Waals surface area contributed by atoms with E-state index >= 15 is 0 Å². The lowest BCUT2D eigenvalue weighted by Gasteiger charge is -2.26. The lowest BCUT2D eigenvalue weighted by atomic mass is 10.2. The molecule has 3 rings (SSSR count). The summed E-state index contributed by atoms with van der Waals surface area (Å²) in [5.41, 5.74) is 4.52. The van der Waals surface area contributed by atoms with E-state index in [-0.39, 0.29) is 35.1 Å². The molecule has 0 bridgehead atoms. The summed E-state index contributed by atoms with van der Waals surface area (Å²) in [5, 5.41) is 0. The average molecular weight is 466 g/mol. The maximum Gasteiger partial charge on any atom is 0.330 e. The number of nitrogens with two attached hydrogens (primary N) is 1. The van der Waals surface area contributed by atoms with Gasteiger partial charge in [0.1, 0.15) is 5.82 Å². The molecule has 1 aromatic carbocycles. The fourth-order valence-electron chi connectivity index (χ4n) is 3.46. The number of carbonyl (C=O) groups is 1. The fraction of sp³-hybridized carbons (Fsp3) is 0.450. The first-order valence-corrected chi connectivity index (χ1v) is 11.7. The van der Waals surface area contributed by atoms with Gasteiger partial charge in [0.05, 0.1) is 18.1 Å². The van der Waals surface area contributed by atoms with Gasteiger partial charge in [-0.25, -0.2) is 13.2 Å². The van der Waals surface area contributed by atoms with Gasteiger partial charge >= 0.3 is 5.69 Å². The number of aromatic amines is 1. The summed E-state index contributed by atoms with van der Waals surface area (Å²) >= 11 is 0. The Hall–Kier alpha value is -2.96. The molecule has 1 aliphatic rings. The molecule has 1 fully saturated rings. The number of anilines is 2. The summed E-state index contributed by atoms with van der Waals surface area (Å²) in [7, 11) is -2.45. The lowest BCUT2D eigenvalue weighted by molar-refractivity contribution is 0.0730. The number of benzene rings is 1. The molecule has 1 aliphatic heterocycles. The van der Waals surface area contributed by atoms with E-state index in [0.29, 0.717) is 26.2 Å². The molecule has 0 saturated carbocycles. The van der Waals surface area contributed by atoms with E-state index in [9.17, 15) is 22.8 Å². The van der Waals surface area contributed by atoms with Gasteiger partial charge in [-0.05, 0) is 24.6 Å². The van der Waals surface area contributed by atoms with Gasteiger partial charge in [0.25, 0.3) is 11.5 Å². The van der Waals surface area contributed by atoms with E-state index in [4.69, 9.17) is 10.5 Å². The first-order chi connectivity index (χ1) is 15.2. The van der Waals surface area contributed by atoms with E-state index in [1.165, 1.54) is 40.2 Å².